The molecule has 3 aromatic rings. The average molecular weight is 338 g/mol. The molecule has 2 heterocycles. The van der Waals surface area contributed by atoms with Crippen LogP contribution in [0.2, 0.25) is 0 Å². The lowest BCUT2D eigenvalue weighted by Gasteiger charge is -2.15. The quantitative estimate of drug-likeness (QED) is 0.660. The van der Waals surface area contributed by atoms with Crippen molar-refractivity contribution in [3.8, 4) is 0 Å². The number of anilines is 1. The standard InChI is InChI=1S/C17H18N6O2/c1-11(12-6-4-3-5-7-12)23-15(8-14(22-23)16(24)18-2)17(25)21-13-9-19-20-10-13/h3-11H,1-2H3,(H,18,24)(H,19,20)(H,21,25)/t11-/m0/s1. The van der Waals surface area contributed by atoms with Crippen molar-refractivity contribution in [2.75, 3.05) is 12.4 Å². The molecule has 0 unspecified atom stereocenters. The Morgan fingerprint density at radius 1 is 1.20 bits per heavy atom. The number of H-pyrrole nitrogens is 1. The van der Waals surface area contributed by atoms with Gasteiger partial charge in [0.2, 0.25) is 0 Å². The van der Waals surface area contributed by atoms with Crippen molar-refractivity contribution < 1.29 is 9.59 Å². The summed E-state index contributed by atoms with van der Waals surface area (Å²) in [4.78, 5) is 24.6. The van der Waals surface area contributed by atoms with E-state index in [2.05, 4.69) is 25.9 Å². The van der Waals surface area contributed by atoms with Crippen LogP contribution in [0.25, 0.3) is 0 Å². The summed E-state index contributed by atoms with van der Waals surface area (Å²) in [6.45, 7) is 1.92. The molecule has 0 aliphatic rings. The first-order chi connectivity index (χ1) is 12.1. The van der Waals surface area contributed by atoms with Gasteiger partial charge in [0.15, 0.2) is 5.69 Å². The van der Waals surface area contributed by atoms with Crippen LogP contribution >= 0.6 is 0 Å². The molecule has 2 amide bonds. The molecular weight excluding hydrogens is 320 g/mol. The molecule has 8 heteroatoms. The molecule has 0 spiro atoms. The Kier molecular flexibility index (Phi) is 4.60. The second-order valence-corrected chi connectivity index (χ2v) is 5.47. The van der Waals surface area contributed by atoms with Gasteiger partial charge >= 0.3 is 0 Å². The summed E-state index contributed by atoms with van der Waals surface area (Å²) >= 11 is 0. The van der Waals surface area contributed by atoms with Gasteiger partial charge in [-0.25, -0.2) is 0 Å². The predicted molar refractivity (Wildman–Crippen MR) is 92.4 cm³/mol. The molecule has 0 saturated carbocycles. The summed E-state index contributed by atoms with van der Waals surface area (Å²) in [5.41, 5.74) is 1.98. The van der Waals surface area contributed by atoms with Crippen LogP contribution < -0.4 is 10.6 Å². The second kappa shape index (κ2) is 7.00. The molecule has 1 aromatic carbocycles. The Bertz CT molecular complexity index is 870. The Balaban J connectivity index is 1.99. The highest BCUT2D eigenvalue weighted by Crippen LogP contribution is 2.21. The minimum Gasteiger partial charge on any atom is -0.354 e. The maximum atomic E-state index is 12.6. The van der Waals surface area contributed by atoms with E-state index >= 15 is 0 Å². The highest BCUT2D eigenvalue weighted by molar-refractivity contribution is 6.04. The lowest BCUT2D eigenvalue weighted by molar-refractivity contribution is 0.0956. The van der Waals surface area contributed by atoms with Crippen LogP contribution in [-0.4, -0.2) is 38.8 Å². The summed E-state index contributed by atoms with van der Waals surface area (Å²) in [5, 5.41) is 16.0. The van der Waals surface area contributed by atoms with E-state index in [0.717, 1.165) is 5.56 Å². The number of carbonyl (C=O) groups is 2. The van der Waals surface area contributed by atoms with Crippen LogP contribution in [0.3, 0.4) is 0 Å². The second-order valence-electron chi connectivity index (χ2n) is 5.47. The Morgan fingerprint density at radius 3 is 2.60 bits per heavy atom. The van der Waals surface area contributed by atoms with Crippen LogP contribution in [0.4, 0.5) is 5.69 Å². The lowest BCUT2D eigenvalue weighted by Crippen LogP contribution is -2.21. The molecule has 3 rings (SSSR count). The normalized spacial score (nSPS) is 11.8. The van der Waals surface area contributed by atoms with E-state index in [9.17, 15) is 9.59 Å². The van der Waals surface area contributed by atoms with Gasteiger partial charge in [0, 0.05) is 19.3 Å². The van der Waals surface area contributed by atoms with E-state index in [1.165, 1.54) is 19.3 Å². The van der Waals surface area contributed by atoms with Gasteiger partial charge in [-0.2, -0.15) is 10.2 Å². The number of hydrogen-bond acceptors (Lipinski definition) is 4. The van der Waals surface area contributed by atoms with Crippen molar-refractivity contribution in [2.24, 2.45) is 0 Å². The molecule has 1 atom stereocenters. The fourth-order valence-electron chi connectivity index (χ4n) is 2.49. The first kappa shape index (κ1) is 16.4. The molecule has 25 heavy (non-hydrogen) atoms. The van der Waals surface area contributed by atoms with Crippen LogP contribution in [-0.2, 0) is 0 Å². The minimum absolute atomic E-state index is 0.183. The van der Waals surface area contributed by atoms with Crippen LogP contribution in [0.15, 0.2) is 48.8 Å². The number of nitrogens with one attached hydrogen (secondary N) is 3. The van der Waals surface area contributed by atoms with Crippen molar-refractivity contribution in [1.29, 1.82) is 0 Å². The summed E-state index contributed by atoms with van der Waals surface area (Å²) in [5.74, 6) is -0.719. The number of amides is 2. The number of benzene rings is 1. The van der Waals surface area contributed by atoms with Gasteiger partial charge in [-0.3, -0.25) is 19.4 Å². The van der Waals surface area contributed by atoms with Crippen molar-refractivity contribution in [1.82, 2.24) is 25.3 Å². The number of aromatic amines is 1. The smallest absolute Gasteiger partial charge is 0.274 e. The van der Waals surface area contributed by atoms with Gasteiger partial charge in [0.1, 0.15) is 5.69 Å². The summed E-state index contributed by atoms with van der Waals surface area (Å²) < 4.78 is 1.55. The van der Waals surface area contributed by atoms with Gasteiger partial charge < -0.3 is 10.6 Å². The Labute approximate surface area is 144 Å². The number of carbonyl (C=O) groups excluding carboxylic acids is 2. The molecule has 0 bridgehead atoms. The first-order valence-corrected chi connectivity index (χ1v) is 7.77. The molecule has 3 N–H and O–H groups in total. The molecule has 0 saturated heterocycles. The molecule has 0 aliphatic carbocycles. The summed E-state index contributed by atoms with van der Waals surface area (Å²) in [7, 11) is 1.52. The number of nitrogens with zero attached hydrogens (tertiary/aromatic N) is 3. The zero-order valence-corrected chi connectivity index (χ0v) is 13.9. The van der Waals surface area contributed by atoms with Gasteiger partial charge in [0.25, 0.3) is 11.8 Å². The van der Waals surface area contributed by atoms with Crippen molar-refractivity contribution in [2.45, 2.75) is 13.0 Å². The molecule has 2 aromatic heterocycles. The average Bonchev–Trinajstić information content (AvgIpc) is 3.30. The Hall–Kier alpha value is -3.42. The van der Waals surface area contributed by atoms with E-state index in [0.29, 0.717) is 5.69 Å². The van der Waals surface area contributed by atoms with E-state index in [1.54, 1.807) is 10.9 Å². The van der Waals surface area contributed by atoms with Crippen molar-refractivity contribution >= 4 is 17.5 Å². The molecule has 0 radical (unpaired) electrons. The lowest BCUT2D eigenvalue weighted by atomic mass is 10.1. The minimum atomic E-state index is -0.369. The van der Waals surface area contributed by atoms with Crippen LogP contribution in [0.5, 0.6) is 0 Å². The predicted octanol–water partition coefficient (Wildman–Crippen LogP) is 1.83. The molecule has 128 valence electrons. The maximum Gasteiger partial charge on any atom is 0.274 e. The third-order valence-corrected chi connectivity index (χ3v) is 3.83. The Morgan fingerprint density at radius 2 is 1.96 bits per heavy atom. The monoisotopic (exact) mass is 338 g/mol. The van der Waals surface area contributed by atoms with Gasteiger partial charge in [-0.15, -0.1) is 0 Å². The van der Waals surface area contributed by atoms with E-state index in [1.807, 2.05) is 37.3 Å². The molecular formula is C17H18N6O2. The molecule has 0 aliphatic heterocycles. The zero-order chi connectivity index (χ0) is 17.8. The van der Waals surface area contributed by atoms with Gasteiger partial charge in [0.05, 0.1) is 17.9 Å². The number of rotatable bonds is 5. The van der Waals surface area contributed by atoms with E-state index < -0.39 is 0 Å². The first-order valence-electron chi connectivity index (χ1n) is 7.77. The van der Waals surface area contributed by atoms with E-state index in [4.69, 9.17) is 0 Å². The SMILES string of the molecule is CNC(=O)c1cc(C(=O)Nc2cn[nH]c2)n([C@@H](C)c2ccccc2)n1. The maximum absolute atomic E-state index is 12.6. The zero-order valence-electron chi connectivity index (χ0n) is 13.9. The number of aromatic nitrogens is 4. The van der Waals surface area contributed by atoms with Crippen LogP contribution in [0, 0.1) is 0 Å². The summed E-state index contributed by atoms with van der Waals surface area (Å²) in [6, 6.07) is 10.9. The van der Waals surface area contributed by atoms with E-state index in [-0.39, 0.29) is 29.2 Å². The molecule has 0 fully saturated rings. The topological polar surface area (TPSA) is 105 Å². The molecule has 8 nitrogen and oxygen atoms in total. The summed E-state index contributed by atoms with van der Waals surface area (Å²) in [6.07, 6.45) is 3.07. The van der Waals surface area contributed by atoms with Gasteiger partial charge in [-0.05, 0) is 12.5 Å². The third-order valence-electron chi connectivity index (χ3n) is 3.83. The van der Waals surface area contributed by atoms with Crippen molar-refractivity contribution in [3.63, 3.8) is 0 Å². The fourth-order valence-corrected chi connectivity index (χ4v) is 2.49. The highest BCUT2D eigenvalue weighted by atomic mass is 16.2. The number of hydrogen-bond donors (Lipinski definition) is 3. The third kappa shape index (κ3) is 3.42. The highest BCUT2D eigenvalue weighted by Gasteiger charge is 2.22. The van der Waals surface area contributed by atoms with Gasteiger partial charge in [-0.1, -0.05) is 30.3 Å². The van der Waals surface area contributed by atoms with Crippen LogP contribution in [0.1, 0.15) is 39.5 Å². The fraction of sp³-hybridized carbons (Fsp3) is 0.176. The largest absolute Gasteiger partial charge is 0.354 e. The van der Waals surface area contributed by atoms with Crippen molar-refractivity contribution in [3.05, 3.63) is 65.7 Å².